The monoisotopic (exact) mass is 230 g/mol. The van der Waals surface area contributed by atoms with E-state index in [-0.39, 0.29) is 11.7 Å². The Kier molecular flexibility index (Phi) is 3.29. The fraction of sp³-hybridized carbons (Fsp3) is 0.385. The first kappa shape index (κ1) is 11.5. The normalized spacial score (nSPS) is 14.1. The van der Waals surface area contributed by atoms with Crippen molar-refractivity contribution in [2.24, 2.45) is 5.92 Å². The largest absolute Gasteiger partial charge is 0.506 e. The van der Waals surface area contributed by atoms with Crippen LogP contribution >= 0.6 is 0 Å². The molecule has 1 N–H and O–H groups in total. The number of aromatic nitrogens is 1. The third-order valence-electron chi connectivity index (χ3n) is 2.72. The van der Waals surface area contributed by atoms with E-state index in [1.54, 1.807) is 4.90 Å². The number of terminal acetylenes is 1. The van der Waals surface area contributed by atoms with E-state index in [0.717, 1.165) is 12.8 Å². The smallest absolute Gasteiger partial charge is 0.256 e. The summed E-state index contributed by atoms with van der Waals surface area (Å²) in [7, 11) is 0. The van der Waals surface area contributed by atoms with Crippen molar-refractivity contribution in [3.05, 3.63) is 24.0 Å². The topological polar surface area (TPSA) is 53.4 Å². The van der Waals surface area contributed by atoms with Crippen molar-refractivity contribution in [3.63, 3.8) is 0 Å². The lowest BCUT2D eigenvalue weighted by molar-refractivity contribution is 0.0769. The third kappa shape index (κ3) is 2.97. The lowest BCUT2D eigenvalue weighted by atomic mass is 10.2. The summed E-state index contributed by atoms with van der Waals surface area (Å²) >= 11 is 0. The molecule has 0 aromatic carbocycles. The minimum Gasteiger partial charge on any atom is -0.506 e. The highest BCUT2D eigenvalue weighted by atomic mass is 16.3. The molecule has 0 aliphatic heterocycles. The van der Waals surface area contributed by atoms with Gasteiger partial charge in [-0.3, -0.25) is 9.78 Å². The number of nitrogens with zero attached hydrogens (tertiary/aromatic N) is 2. The van der Waals surface area contributed by atoms with Crippen molar-refractivity contribution in [3.8, 4) is 18.1 Å². The average molecular weight is 230 g/mol. The van der Waals surface area contributed by atoms with Crippen LogP contribution in [-0.4, -0.2) is 34.0 Å². The molecular formula is C13H14N2O2. The molecule has 0 saturated heterocycles. The molecule has 88 valence electrons. The minimum absolute atomic E-state index is 0.0112. The van der Waals surface area contributed by atoms with Crippen molar-refractivity contribution in [1.82, 2.24) is 9.88 Å². The van der Waals surface area contributed by atoms with Gasteiger partial charge in [-0.25, -0.2) is 0 Å². The Morgan fingerprint density at radius 2 is 2.35 bits per heavy atom. The molecule has 0 spiro atoms. The quantitative estimate of drug-likeness (QED) is 0.792. The molecule has 0 atom stereocenters. The molecule has 1 aliphatic rings. The molecule has 17 heavy (non-hydrogen) atoms. The van der Waals surface area contributed by atoms with Gasteiger partial charge in [0, 0.05) is 12.7 Å². The Hall–Kier alpha value is -2.02. The van der Waals surface area contributed by atoms with Crippen molar-refractivity contribution >= 4 is 5.91 Å². The van der Waals surface area contributed by atoms with E-state index < -0.39 is 0 Å². The molecule has 1 saturated carbocycles. The van der Waals surface area contributed by atoms with Crippen LogP contribution in [0.5, 0.6) is 5.75 Å². The molecule has 1 aliphatic carbocycles. The highest BCUT2D eigenvalue weighted by Gasteiger charge is 2.27. The van der Waals surface area contributed by atoms with Gasteiger partial charge in [-0.15, -0.1) is 6.42 Å². The standard InChI is InChI=1S/C13H14N2O2/c1-2-5-15(9-10-3-4-10)13(17)11-6-12(16)8-14-7-11/h1,6-8,10,16H,3-5,9H2. The Morgan fingerprint density at radius 3 is 2.94 bits per heavy atom. The molecule has 0 radical (unpaired) electrons. The number of amides is 1. The van der Waals surface area contributed by atoms with Crippen molar-refractivity contribution < 1.29 is 9.90 Å². The summed E-state index contributed by atoms with van der Waals surface area (Å²) in [5.74, 6) is 2.89. The molecule has 1 aromatic heterocycles. The SMILES string of the molecule is C#CCN(CC1CC1)C(=O)c1cncc(O)c1. The highest BCUT2D eigenvalue weighted by Crippen LogP contribution is 2.30. The predicted octanol–water partition coefficient (Wildman–Crippen LogP) is 1.27. The van der Waals surface area contributed by atoms with Gasteiger partial charge in [-0.05, 0) is 24.8 Å². The lowest BCUT2D eigenvalue weighted by Gasteiger charge is -2.19. The van der Waals surface area contributed by atoms with Crippen LogP contribution in [0.15, 0.2) is 18.5 Å². The summed E-state index contributed by atoms with van der Waals surface area (Å²) in [4.78, 5) is 17.6. The predicted molar refractivity (Wildman–Crippen MR) is 63.4 cm³/mol. The van der Waals surface area contributed by atoms with E-state index in [1.807, 2.05) is 0 Å². The Balaban J connectivity index is 2.12. The van der Waals surface area contributed by atoms with E-state index >= 15 is 0 Å². The number of hydrogen-bond donors (Lipinski definition) is 1. The maximum Gasteiger partial charge on any atom is 0.256 e. The van der Waals surface area contributed by atoms with Gasteiger partial charge >= 0.3 is 0 Å². The molecule has 4 nitrogen and oxygen atoms in total. The Labute approximate surface area is 100 Å². The van der Waals surface area contributed by atoms with Gasteiger partial charge < -0.3 is 10.0 Å². The Bertz CT molecular complexity index is 461. The van der Waals surface area contributed by atoms with Crippen molar-refractivity contribution in [2.45, 2.75) is 12.8 Å². The molecule has 1 amide bonds. The second kappa shape index (κ2) is 4.88. The van der Waals surface area contributed by atoms with E-state index in [2.05, 4.69) is 10.9 Å². The number of hydrogen-bond acceptors (Lipinski definition) is 3. The van der Waals surface area contributed by atoms with Crippen LogP contribution < -0.4 is 0 Å². The van der Waals surface area contributed by atoms with Gasteiger partial charge in [0.1, 0.15) is 5.75 Å². The highest BCUT2D eigenvalue weighted by molar-refractivity contribution is 5.94. The molecule has 1 aromatic rings. The number of carbonyl (C=O) groups excluding carboxylic acids is 1. The number of rotatable bonds is 4. The third-order valence-corrected chi connectivity index (χ3v) is 2.72. The average Bonchev–Trinajstić information content (AvgIpc) is 3.11. The molecule has 4 heteroatoms. The molecule has 0 unspecified atom stereocenters. The van der Waals surface area contributed by atoms with Gasteiger partial charge in [0.2, 0.25) is 0 Å². The molecule has 0 bridgehead atoms. The summed E-state index contributed by atoms with van der Waals surface area (Å²) in [5.41, 5.74) is 0.376. The van der Waals surface area contributed by atoms with Crippen LogP contribution in [0.25, 0.3) is 0 Å². The minimum atomic E-state index is -0.168. The second-order valence-electron chi connectivity index (χ2n) is 4.26. The van der Waals surface area contributed by atoms with Gasteiger partial charge in [-0.2, -0.15) is 0 Å². The molecular weight excluding hydrogens is 216 g/mol. The van der Waals surface area contributed by atoms with Crippen LogP contribution in [0.1, 0.15) is 23.2 Å². The van der Waals surface area contributed by atoms with Gasteiger partial charge in [-0.1, -0.05) is 5.92 Å². The second-order valence-corrected chi connectivity index (χ2v) is 4.26. The van der Waals surface area contributed by atoms with Crippen LogP contribution in [0.4, 0.5) is 0 Å². The fourth-order valence-corrected chi connectivity index (χ4v) is 1.67. The number of pyridine rings is 1. The van der Waals surface area contributed by atoms with Gasteiger partial charge in [0.05, 0.1) is 18.3 Å². The first-order chi connectivity index (χ1) is 8.20. The van der Waals surface area contributed by atoms with Crippen LogP contribution in [0.3, 0.4) is 0 Å². The number of carbonyl (C=O) groups is 1. The maximum absolute atomic E-state index is 12.1. The van der Waals surface area contributed by atoms with E-state index in [9.17, 15) is 9.90 Å². The van der Waals surface area contributed by atoms with Crippen LogP contribution in [0.2, 0.25) is 0 Å². The summed E-state index contributed by atoms with van der Waals surface area (Å²) in [6, 6.07) is 1.41. The first-order valence-corrected chi connectivity index (χ1v) is 5.57. The summed E-state index contributed by atoms with van der Waals surface area (Å²) in [6.07, 6.45) is 10.3. The van der Waals surface area contributed by atoms with E-state index in [0.29, 0.717) is 24.6 Å². The van der Waals surface area contributed by atoms with Crippen LogP contribution in [-0.2, 0) is 0 Å². The summed E-state index contributed by atoms with van der Waals surface area (Å²) < 4.78 is 0. The van der Waals surface area contributed by atoms with Gasteiger partial charge in [0.15, 0.2) is 0 Å². The van der Waals surface area contributed by atoms with Crippen molar-refractivity contribution in [1.29, 1.82) is 0 Å². The zero-order chi connectivity index (χ0) is 12.3. The molecule has 1 fully saturated rings. The number of aromatic hydroxyl groups is 1. The summed E-state index contributed by atoms with van der Waals surface area (Å²) in [5, 5.41) is 9.29. The lowest BCUT2D eigenvalue weighted by Crippen LogP contribution is -2.33. The first-order valence-electron chi connectivity index (χ1n) is 5.57. The van der Waals surface area contributed by atoms with Crippen LogP contribution in [0, 0.1) is 18.3 Å². The summed E-state index contributed by atoms with van der Waals surface area (Å²) in [6.45, 7) is 0.990. The molecule has 1 heterocycles. The fourth-order valence-electron chi connectivity index (χ4n) is 1.67. The Morgan fingerprint density at radius 1 is 1.59 bits per heavy atom. The zero-order valence-electron chi connectivity index (χ0n) is 9.47. The van der Waals surface area contributed by atoms with Gasteiger partial charge in [0.25, 0.3) is 5.91 Å². The maximum atomic E-state index is 12.1. The molecule has 2 rings (SSSR count). The van der Waals surface area contributed by atoms with E-state index in [1.165, 1.54) is 18.5 Å². The van der Waals surface area contributed by atoms with E-state index in [4.69, 9.17) is 6.42 Å². The van der Waals surface area contributed by atoms with Crippen molar-refractivity contribution in [2.75, 3.05) is 13.1 Å². The zero-order valence-corrected chi connectivity index (χ0v) is 9.47.